The molecule has 1 fully saturated rings. The van der Waals surface area contributed by atoms with Crippen LogP contribution in [0.4, 0.5) is 5.69 Å². The van der Waals surface area contributed by atoms with Gasteiger partial charge in [-0.3, -0.25) is 13.7 Å². The highest BCUT2D eigenvalue weighted by Gasteiger charge is 2.30. The largest absolute Gasteiger partial charge is 0.471 e. The average molecular weight is 620 g/mol. The van der Waals surface area contributed by atoms with Crippen LogP contribution in [-0.2, 0) is 24.3 Å². The summed E-state index contributed by atoms with van der Waals surface area (Å²) >= 11 is 12.2. The van der Waals surface area contributed by atoms with Crippen LogP contribution in [0.5, 0.6) is 5.88 Å². The predicted molar refractivity (Wildman–Crippen MR) is 156 cm³/mol. The molecule has 1 aliphatic rings. The van der Waals surface area contributed by atoms with Crippen LogP contribution in [0.25, 0.3) is 16.7 Å². The Hall–Kier alpha value is -3.38. The third kappa shape index (κ3) is 6.75. The Morgan fingerprint density at radius 3 is 2.49 bits per heavy atom. The van der Waals surface area contributed by atoms with Gasteiger partial charge < -0.3 is 14.2 Å². The van der Waals surface area contributed by atoms with Crippen molar-refractivity contribution in [1.29, 1.82) is 0 Å². The lowest BCUT2D eigenvalue weighted by Crippen LogP contribution is -2.39. The van der Waals surface area contributed by atoms with E-state index in [0.29, 0.717) is 30.3 Å². The summed E-state index contributed by atoms with van der Waals surface area (Å²) in [5.74, 6) is 0.246. The molecular weight excluding hydrogens is 591 g/mol. The maximum absolute atomic E-state index is 13.8. The van der Waals surface area contributed by atoms with E-state index in [9.17, 15) is 13.2 Å². The zero-order valence-electron chi connectivity index (χ0n) is 22.6. The van der Waals surface area contributed by atoms with Gasteiger partial charge in [0, 0.05) is 28.0 Å². The molecule has 3 heterocycles. The molecule has 1 aliphatic heterocycles. The number of carbonyl (C=O) groups excluding carboxylic acids is 1. The monoisotopic (exact) mass is 618 g/mol. The molecule has 0 amide bonds. The number of esters is 1. The number of carbonyl (C=O) groups is 1. The summed E-state index contributed by atoms with van der Waals surface area (Å²) in [4.78, 5) is 21.5. The molecule has 13 heteroatoms. The molecule has 0 aliphatic carbocycles. The van der Waals surface area contributed by atoms with E-state index in [2.05, 4.69) is 9.97 Å². The first-order valence-electron chi connectivity index (χ1n) is 12.8. The van der Waals surface area contributed by atoms with E-state index in [0.717, 1.165) is 16.2 Å². The molecule has 1 atom stereocenters. The van der Waals surface area contributed by atoms with Crippen LogP contribution in [-0.4, -0.2) is 60.4 Å². The summed E-state index contributed by atoms with van der Waals surface area (Å²) in [7, 11) is -4.27. The summed E-state index contributed by atoms with van der Waals surface area (Å²) in [5, 5.41) is 1.01. The number of fused-ring (bicyclic) bond motifs is 1. The smallest absolute Gasteiger partial charge is 0.327 e. The second-order valence-electron chi connectivity index (χ2n) is 10.4. The molecule has 2 aromatic heterocycles. The van der Waals surface area contributed by atoms with Gasteiger partial charge in [0.1, 0.15) is 18.2 Å². The van der Waals surface area contributed by atoms with Crippen LogP contribution in [0.2, 0.25) is 10.0 Å². The SMILES string of the molecule is CC(C)(C)OC(=O)CN(c1ccc2c(ccn2-c2cnc(O[C@H]3CCOC3)cn2)c1)S(=O)(=O)c1cc(Cl)cc(Cl)c1. The maximum Gasteiger partial charge on any atom is 0.327 e. The van der Waals surface area contributed by atoms with Crippen molar-refractivity contribution in [3.63, 3.8) is 0 Å². The van der Waals surface area contributed by atoms with Gasteiger partial charge >= 0.3 is 5.97 Å². The van der Waals surface area contributed by atoms with Gasteiger partial charge in [-0.2, -0.15) is 0 Å². The molecule has 0 bridgehead atoms. The number of anilines is 1. The number of ether oxygens (including phenoxy) is 3. The zero-order chi connectivity index (χ0) is 29.4. The number of hydrogen-bond acceptors (Lipinski definition) is 8. The van der Waals surface area contributed by atoms with Crippen molar-refractivity contribution in [3.05, 3.63) is 71.1 Å². The number of sulfonamides is 1. The van der Waals surface area contributed by atoms with Crippen LogP contribution in [0.3, 0.4) is 0 Å². The normalized spacial score (nSPS) is 15.7. The van der Waals surface area contributed by atoms with Gasteiger partial charge in [-0.1, -0.05) is 23.2 Å². The van der Waals surface area contributed by atoms with Crippen LogP contribution < -0.4 is 9.04 Å². The standard InChI is InChI=1S/C28H28Cl2N4O6S/c1-28(2,3)40-27(35)16-34(41(36,37)23-12-19(29)11-20(30)13-23)21-4-5-24-18(10-21)6-8-33(24)25-14-32-26(15-31-25)39-22-7-9-38-17-22/h4-6,8,10-15,22H,7,9,16-17H2,1-3H3/t22-/m0/s1. The van der Waals surface area contributed by atoms with Crippen molar-refractivity contribution in [2.75, 3.05) is 24.1 Å². The first kappa shape index (κ1) is 29.1. The second kappa shape index (κ2) is 11.5. The summed E-state index contributed by atoms with van der Waals surface area (Å²) < 4.78 is 47.0. The van der Waals surface area contributed by atoms with Crippen LogP contribution >= 0.6 is 23.2 Å². The first-order valence-corrected chi connectivity index (χ1v) is 15.0. The maximum atomic E-state index is 13.8. The Morgan fingerprint density at radius 1 is 1.10 bits per heavy atom. The minimum atomic E-state index is -4.27. The Balaban J connectivity index is 1.48. The molecule has 0 spiro atoms. The lowest BCUT2D eigenvalue weighted by molar-refractivity contribution is -0.152. The molecule has 0 unspecified atom stereocenters. The molecule has 5 rings (SSSR count). The molecule has 10 nitrogen and oxygen atoms in total. The van der Waals surface area contributed by atoms with Crippen LogP contribution in [0.15, 0.2) is 66.0 Å². The van der Waals surface area contributed by atoms with Gasteiger partial charge in [0.05, 0.1) is 41.7 Å². The third-order valence-corrected chi connectivity index (χ3v) is 8.30. The molecule has 2 aromatic carbocycles. The topological polar surface area (TPSA) is 113 Å². The summed E-state index contributed by atoms with van der Waals surface area (Å²) in [6.45, 7) is 5.75. The zero-order valence-corrected chi connectivity index (χ0v) is 24.9. The average Bonchev–Trinajstić information content (AvgIpc) is 3.56. The highest BCUT2D eigenvalue weighted by atomic mass is 35.5. The quantitative estimate of drug-likeness (QED) is 0.240. The van der Waals surface area contributed by atoms with Gasteiger partial charge in [-0.15, -0.1) is 0 Å². The minimum Gasteiger partial charge on any atom is -0.471 e. The van der Waals surface area contributed by atoms with Crippen LogP contribution in [0.1, 0.15) is 27.2 Å². The van der Waals surface area contributed by atoms with Crippen molar-refractivity contribution in [2.45, 2.75) is 43.8 Å². The van der Waals surface area contributed by atoms with Crippen molar-refractivity contribution in [3.8, 4) is 11.7 Å². The molecule has 41 heavy (non-hydrogen) atoms. The van der Waals surface area contributed by atoms with Gasteiger partial charge in [-0.25, -0.2) is 18.4 Å². The second-order valence-corrected chi connectivity index (χ2v) is 13.2. The van der Waals surface area contributed by atoms with Gasteiger partial charge in [-0.05, 0) is 63.2 Å². The number of rotatable bonds is 8. The van der Waals surface area contributed by atoms with E-state index in [4.69, 9.17) is 37.4 Å². The predicted octanol–water partition coefficient (Wildman–Crippen LogP) is 5.43. The number of nitrogens with zero attached hydrogens (tertiary/aromatic N) is 4. The summed E-state index contributed by atoms with van der Waals surface area (Å²) in [6.07, 6.45) is 5.72. The molecule has 1 saturated heterocycles. The van der Waals surface area contributed by atoms with E-state index in [1.54, 1.807) is 57.6 Å². The third-order valence-electron chi connectivity index (χ3n) is 6.12. The molecule has 0 saturated carbocycles. The highest BCUT2D eigenvalue weighted by molar-refractivity contribution is 7.92. The Labute approximate surface area is 247 Å². The number of aromatic nitrogens is 3. The van der Waals surface area contributed by atoms with Gasteiger partial charge in [0.25, 0.3) is 10.0 Å². The molecule has 216 valence electrons. The molecule has 0 N–H and O–H groups in total. The van der Waals surface area contributed by atoms with Crippen molar-refractivity contribution < 1.29 is 27.4 Å². The Bertz CT molecular complexity index is 1660. The first-order chi connectivity index (χ1) is 19.4. The Morgan fingerprint density at radius 2 is 1.85 bits per heavy atom. The van der Waals surface area contributed by atoms with E-state index in [1.165, 1.54) is 18.2 Å². The number of halogens is 2. The summed E-state index contributed by atoms with van der Waals surface area (Å²) in [5.41, 5.74) is 0.201. The molecular formula is C28H28Cl2N4O6S. The summed E-state index contributed by atoms with van der Waals surface area (Å²) in [6, 6.07) is 10.8. The number of hydrogen-bond donors (Lipinski definition) is 0. The Kier molecular flexibility index (Phi) is 8.15. The lowest BCUT2D eigenvalue weighted by atomic mass is 10.2. The van der Waals surface area contributed by atoms with Gasteiger partial charge in [0.15, 0.2) is 5.82 Å². The fraction of sp³-hybridized carbons (Fsp3) is 0.321. The van der Waals surface area contributed by atoms with Crippen molar-refractivity contribution in [1.82, 2.24) is 14.5 Å². The fourth-order valence-electron chi connectivity index (χ4n) is 4.37. The highest BCUT2D eigenvalue weighted by Crippen LogP contribution is 2.31. The minimum absolute atomic E-state index is 0.0381. The van der Waals surface area contributed by atoms with Crippen molar-refractivity contribution in [2.24, 2.45) is 0 Å². The number of benzene rings is 2. The van der Waals surface area contributed by atoms with Gasteiger partial charge in [0.2, 0.25) is 5.88 Å². The molecule has 4 aromatic rings. The van der Waals surface area contributed by atoms with E-state index in [-0.39, 0.29) is 26.7 Å². The molecule has 0 radical (unpaired) electrons. The van der Waals surface area contributed by atoms with E-state index >= 15 is 0 Å². The van der Waals surface area contributed by atoms with E-state index in [1.807, 2.05) is 10.6 Å². The van der Waals surface area contributed by atoms with Crippen molar-refractivity contribution >= 4 is 55.8 Å². The van der Waals surface area contributed by atoms with E-state index < -0.39 is 28.1 Å². The lowest BCUT2D eigenvalue weighted by Gasteiger charge is -2.26. The fourth-order valence-corrected chi connectivity index (χ4v) is 6.50. The van der Waals surface area contributed by atoms with Crippen LogP contribution in [0, 0.1) is 0 Å².